The average Bonchev–Trinajstić information content (AvgIpc) is 2.90. The van der Waals surface area contributed by atoms with Crippen LogP contribution in [-0.4, -0.2) is 41.6 Å². The first-order valence-corrected chi connectivity index (χ1v) is 8.81. The lowest BCUT2D eigenvalue weighted by Crippen LogP contribution is -2.60. The number of likely N-dealkylation sites (N-methyl/N-ethyl adjacent to an activating group) is 1. The van der Waals surface area contributed by atoms with Crippen LogP contribution in [0.2, 0.25) is 0 Å². The Labute approximate surface area is 127 Å². The van der Waals surface area contributed by atoms with E-state index in [1.807, 2.05) is 0 Å². The van der Waals surface area contributed by atoms with E-state index >= 15 is 0 Å². The van der Waals surface area contributed by atoms with Gasteiger partial charge in [-0.3, -0.25) is 4.90 Å². The molecule has 1 aliphatic heterocycles. The fourth-order valence-electron chi connectivity index (χ4n) is 3.40. The number of rotatable bonds is 6. The van der Waals surface area contributed by atoms with Crippen molar-refractivity contribution in [1.29, 1.82) is 0 Å². The van der Waals surface area contributed by atoms with Crippen LogP contribution in [0.5, 0.6) is 0 Å². The van der Waals surface area contributed by atoms with Crippen LogP contribution in [0.4, 0.5) is 0 Å². The van der Waals surface area contributed by atoms with Crippen molar-refractivity contribution in [3.8, 4) is 0 Å². The Balaban J connectivity index is 2.12. The van der Waals surface area contributed by atoms with Crippen molar-refractivity contribution in [3.05, 3.63) is 16.1 Å². The molecular formula is C16H29N3S. The van der Waals surface area contributed by atoms with Crippen LogP contribution in [0.1, 0.15) is 50.2 Å². The maximum atomic E-state index is 4.65. The van der Waals surface area contributed by atoms with Gasteiger partial charge in [0.2, 0.25) is 0 Å². The minimum absolute atomic E-state index is 0.231. The topological polar surface area (TPSA) is 28.2 Å². The summed E-state index contributed by atoms with van der Waals surface area (Å²) in [5.41, 5.74) is 1.38. The van der Waals surface area contributed by atoms with Crippen LogP contribution in [0.25, 0.3) is 0 Å². The number of hydrogen-bond donors (Lipinski definition) is 1. The second kappa shape index (κ2) is 7.01. The highest BCUT2D eigenvalue weighted by Gasteiger charge is 2.38. The Morgan fingerprint density at radius 1 is 1.40 bits per heavy atom. The zero-order valence-electron chi connectivity index (χ0n) is 13.4. The fraction of sp³-hybridized carbons (Fsp3) is 0.812. The van der Waals surface area contributed by atoms with E-state index in [9.17, 15) is 0 Å². The van der Waals surface area contributed by atoms with Gasteiger partial charge in [0.15, 0.2) is 0 Å². The van der Waals surface area contributed by atoms with Crippen LogP contribution >= 0.6 is 11.3 Å². The normalized spacial score (nSPS) is 21.6. The largest absolute Gasteiger partial charge is 0.315 e. The minimum atomic E-state index is 0.231. The number of hydrogen-bond acceptors (Lipinski definition) is 4. The number of nitrogens with zero attached hydrogens (tertiary/aromatic N) is 2. The molecule has 114 valence electrons. The van der Waals surface area contributed by atoms with E-state index in [0.29, 0.717) is 6.04 Å². The molecule has 0 aromatic carbocycles. The van der Waals surface area contributed by atoms with Gasteiger partial charge in [-0.05, 0) is 53.2 Å². The quantitative estimate of drug-likeness (QED) is 0.873. The van der Waals surface area contributed by atoms with Gasteiger partial charge in [0.05, 0.1) is 5.01 Å². The molecule has 2 unspecified atom stereocenters. The minimum Gasteiger partial charge on any atom is -0.315 e. The Bertz CT molecular complexity index is 412. The first-order valence-electron chi connectivity index (χ1n) is 7.93. The second-order valence-electron chi connectivity index (χ2n) is 6.19. The highest BCUT2D eigenvalue weighted by Crippen LogP contribution is 2.29. The van der Waals surface area contributed by atoms with Crippen molar-refractivity contribution in [2.45, 2.75) is 64.5 Å². The summed E-state index contributed by atoms with van der Waals surface area (Å²) in [6.07, 6.45) is 6.32. The number of thiazole rings is 1. The molecule has 4 heteroatoms. The third-order valence-corrected chi connectivity index (χ3v) is 5.93. The summed E-state index contributed by atoms with van der Waals surface area (Å²) in [6, 6.07) is 0.469. The molecule has 1 aromatic heterocycles. The van der Waals surface area contributed by atoms with Crippen LogP contribution in [0.3, 0.4) is 0 Å². The molecule has 2 heterocycles. The molecule has 1 aromatic rings. The molecular weight excluding hydrogens is 266 g/mol. The lowest BCUT2D eigenvalue weighted by molar-refractivity contribution is 0.0452. The van der Waals surface area contributed by atoms with Crippen LogP contribution in [-0.2, 0) is 6.42 Å². The van der Waals surface area contributed by atoms with Crippen LogP contribution in [0.15, 0.2) is 5.38 Å². The number of aryl methyl sites for hydroxylation is 1. The van der Waals surface area contributed by atoms with Gasteiger partial charge in [0.1, 0.15) is 0 Å². The predicted molar refractivity (Wildman–Crippen MR) is 87.5 cm³/mol. The Hall–Kier alpha value is -0.450. The maximum absolute atomic E-state index is 4.65. The first kappa shape index (κ1) is 15.9. The van der Waals surface area contributed by atoms with Gasteiger partial charge in [-0.15, -0.1) is 11.3 Å². The predicted octanol–water partition coefficient (Wildman–Crippen LogP) is 3.24. The molecule has 0 saturated carbocycles. The Kier molecular flexibility index (Phi) is 5.58. The van der Waals surface area contributed by atoms with Gasteiger partial charge in [-0.2, -0.15) is 0 Å². The van der Waals surface area contributed by atoms with E-state index in [4.69, 9.17) is 0 Å². The van der Waals surface area contributed by atoms with Gasteiger partial charge in [-0.25, -0.2) is 4.98 Å². The zero-order chi connectivity index (χ0) is 14.6. The van der Waals surface area contributed by atoms with E-state index in [0.717, 1.165) is 12.1 Å². The molecule has 0 amide bonds. The molecule has 0 bridgehead atoms. The molecule has 2 rings (SSSR count). The summed E-state index contributed by atoms with van der Waals surface area (Å²) in [5, 5.41) is 7.00. The van der Waals surface area contributed by atoms with E-state index in [2.05, 4.69) is 48.4 Å². The first-order chi connectivity index (χ1) is 9.60. The van der Waals surface area contributed by atoms with Gasteiger partial charge in [-0.1, -0.05) is 13.3 Å². The third-order valence-electron chi connectivity index (χ3n) is 4.94. The number of piperidine rings is 1. The number of nitrogens with one attached hydrogen (secondary N) is 1. The smallest absolute Gasteiger partial charge is 0.0944 e. The lowest BCUT2D eigenvalue weighted by Gasteiger charge is -2.48. The zero-order valence-corrected chi connectivity index (χ0v) is 14.2. The number of aromatic nitrogens is 1. The molecule has 20 heavy (non-hydrogen) atoms. The molecule has 0 radical (unpaired) electrons. The number of likely N-dealkylation sites (tertiary alicyclic amines) is 1. The highest BCUT2D eigenvalue weighted by atomic mass is 32.1. The van der Waals surface area contributed by atoms with Crippen molar-refractivity contribution in [2.75, 3.05) is 20.1 Å². The molecule has 0 spiro atoms. The van der Waals surface area contributed by atoms with Crippen molar-refractivity contribution >= 4 is 11.3 Å². The molecule has 1 saturated heterocycles. The van der Waals surface area contributed by atoms with Gasteiger partial charge in [0.25, 0.3) is 0 Å². The van der Waals surface area contributed by atoms with Gasteiger partial charge in [0, 0.05) is 29.1 Å². The average molecular weight is 295 g/mol. The summed E-state index contributed by atoms with van der Waals surface area (Å²) in [5.74, 6) is 0. The van der Waals surface area contributed by atoms with E-state index < -0.39 is 0 Å². The van der Waals surface area contributed by atoms with E-state index in [1.165, 1.54) is 43.8 Å². The second-order valence-corrected chi connectivity index (χ2v) is 7.13. The summed E-state index contributed by atoms with van der Waals surface area (Å²) < 4.78 is 0. The molecule has 1 aliphatic rings. The third kappa shape index (κ3) is 3.41. The summed E-state index contributed by atoms with van der Waals surface area (Å²) >= 11 is 1.80. The van der Waals surface area contributed by atoms with Crippen molar-refractivity contribution in [3.63, 3.8) is 0 Å². The molecule has 1 fully saturated rings. The lowest BCUT2D eigenvalue weighted by atomic mass is 9.84. The maximum Gasteiger partial charge on any atom is 0.0944 e. The highest BCUT2D eigenvalue weighted by molar-refractivity contribution is 7.09. The van der Waals surface area contributed by atoms with Crippen LogP contribution in [0, 0.1) is 6.92 Å². The van der Waals surface area contributed by atoms with Gasteiger partial charge < -0.3 is 5.32 Å². The molecule has 2 atom stereocenters. The van der Waals surface area contributed by atoms with E-state index in [-0.39, 0.29) is 5.54 Å². The van der Waals surface area contributed by atoms with Gasteiger partial charge >= 0.3 is 0 Å². The summed E-state index contributed by atoms with van der Waals surface area (Å²) in [4.78, 5) is 7.36. The standard InChI is InChI=1S/C16H29N3S/c1-5-16(3,19-9-7-6-8-10-19)14(17-4)11-15-18-13(2)12-20-15/h12,14,17H,5-11H2,1-4H3. The molecule has 1 N–H and O–H groups in total. The Morgan fingerprint density at radius 2 is 2.10 bits per heavy atom. The SMILES string of the molecule is CCC(C)(C(Cc1nc(C)cs1)NC)N1CCCCC1. The van der Waals surface area contributed by atoms with Crippen molar-refractivity contribution < 1.29 is 0 Å². The Morgan fingerprint density at radius 3 is 2.60 bits per heavy atom. The van der Waals surface area contributed by atoms with Crippen molar-refractivity contribution in [1.82, 2.24) is 15.2 Å². The van der Waals surface area contributed by atoms with Crippen LogP contribution < -0.4 is 5.32 Å². The molecule has 3 nitrogen and oxygen atoms in total. The fourth-order valence-corrected chi connectivity index (χ4v) is 4.22. The summed E-state index contributed by atoms with van der Waals surface area (Å²) in [7, 11) is 2.10. The molecule has 0 aliphatic carbocycles. The van der Waals surface area contributed by atoms with E-state index in [1.54, 1.807) is 11.3 Å². The summed E-state index contributed by atoms with van der Waals surface area (Å²) in [6.45, 7) is 9.34. The monoisotopic (exact) mass is 295 g/mol. The van der Waals surface area contributed by atoms with Crippen molar-refractivity contribution in [2.24, 2.45) is 0 Å².